The number of Topliss-reactive ketones (excluding diaryl/α,β-unsaturated/α-hetero) is 1. The van der Waals surface area contributed by atoms with Crippen molar-refractivity contribution in [2.75, 3.05) is 11.4 Å². The molecule has 5 heteroatoms. The van der Waals surface area contributed by atoms with Crippen LogP contribution in [0.5, 0.6) is 0 Å². The maximum atomic E-state index is 11.6. The van der Waals surface area contributed by atoms with Crippen LogP contribution in [-0.2, 0) is 9.59 Å². The number of nitrogens with zero attached hydrogens (tertiary/aromatic N) is 2. The van der Waals surface area contributed by atoms with Crippen molar-refractivity contribution in [2.45, 2.75) is 6.42 Å². The van der Waals surface area contributed by atoms with Gasteiger partial charge in [-0.15, -0.1) is 0 Å². The van der Waals surface area contributed by atoms with Gasteiger partial charge in [-0.05, 0) is 5.56 Å². The highest BCUT2D eigenvalue weighted by molar-refractivity contribution is 6.14. The van der Waals surface area contributed by atoms with E-state index in [0.29, 0.717) is 5.95 Å². The van der Waals surface area contributed by atoms with E-state index in [4.69, 9.17) is 0 Å². The lowest BCUT2D eigenvalue weighted by Gasteiger charge is -2.09. The van der Waals surface area contributed by atoms with Gasteiger partial charge in [0.15, 0.2) is 5.78 Å². The molecule has 1 fully saturated rings. The Bertz CT molecular complexity index is 604. The quantitative estimate of drug-likeness (QED) is 0.808. The lowest BCUT2D eigenvalue weighted by molar-refractivity contribution is -0.121. The van der Waals surface area contributed by atoms with Gasteiger partial charge in [0.05, 0.1) is 24.9 Å². The number of carbonyl (C=O) groups excluding carboxylic acids is 2. The van der Waals surface area contributed by atoms with Crippen LogP contribution in [0.15, 0.2) is 36.5 Å². The molecule has 0 spiro atoms. The Hall–Kier alpha value is -2.43. The van der Waals surface area contributed by atoms with E-state index >= 15 is 0 Å². The molecule has 1 aromatic carbocycles. The Morgan fingerprint density at radius 1 is 1.17 bits per heavy atom. The van der Waals surface area contributed by atoms with Gasteiger partial charge in [-0.2, -0.15) is 0 Å². The molecule has 5 nitrogen and oxygen atoms in total. The highest BCUT2D eigenvalue weighted by atomic mass is 16.2. The van der Waals surface area contributed by atoms with Crippen molar-refractivity contribution in [2.24, 2.45) is 0 Å². The zero-order valence-corrected chi connectivity index (χ0v) is 9.59. The first kappa shape index (κ1) is 10.7. The van der Waals surface area contributed by atoms with Crippen LogP contribution in [0.2, 0.25) is 0 Å². The fourth-order valence-corrected chi connectivity index (χ4v) is 1.99. The Morgan fingerprint density at radius 3 is 2.61 bits per heavy atom. The molecule has 2 heterocycles. The van der Waals surface area contributed by atoms with Crippen molar-refractivity contribution in [3.8, 4) is 11.3 Å². The number of rotatable bonds is 2. The van der Waals surface area contributed by atoms with Crippen LogP contribution in [0.3, 0.4) is 0 Å². The number of ketones is 1. The zero-order valence-electron chi connectivity index (χ0n) is 9.59. The average Bonchev–Trinajstić information content (AvgIpc) is 2.97. The molecule has 2 aromatic rings. The Morgan fingerprint density at radius 2 is 1.94 bits per heavy atom. The number of aromatic amines is 1. The van der Waals surface area contributed by atoms with Gasteiger partial charge < -0.3 is 4.98 Å². The van der Waals surface area contributed by atoms with Crippen LogP contribution < -0.4 is 4.90 Å². The number of amides is 1. The molecule has 0 aliphatic carbocycles. The molecule has 0 atom stereocenters. The smallest absolute Gasteiger partial charge is 0.237 e. The first-order valence-corrected chi connectivity index (χ1v) is 5.66. The summed E-state index contributed by atoms with van der Waals surface area (Å²) in [6.45, 7) is 0.112. The van der Waals surface area contributed by atoms with Gasteiger partial charge in [0, 0.05) is 0 Å². The maximum Gasteiger partial charge on any atom is 0.237 e. The summed E-state index contributed by atoms with van der Waals surface area (Å²) in [6.07, 6.45) is 1.64. The number of aromatic nitrogens is 2. The lowest BCUT2D eigenvalue weighted by Crippen LogP contribution is -2.25. The first-order chi connectivity index (χ1) is 8.74. The summed E-state index contributed by atoms with van der Waals surface area (Å²) in [5.41, 5.74) is 1.83. The Balaban J connectivity index is 1.91. The van der Waals surface area contributed by atoms with Crippen LogP contribution in [0.1, 0.15) is 6.42 Å². The number of carbonyl (C=O) groups is 2. The summed E-state index contributed by atoms with van der Waals surface area (Å²) in [5, 5.41) is 0. The molecule has 1 aromatic heterocycles. The van der Waals surface area contributed by atoms with Crippen LogP contribution in [0.4, 0.5) is 5.95 Å². The van der Waals surface area contributed by atoms with Gasteiger partial charge in [-0.1, -0.05) is 30.3 Å². The number of H-pyrrole nitrogens is 1. The normalized spacial score (nSPS) is 15.4. The predicted octanol–water partition coefficient (Wildman–Crippen LogP) is 1.38. The van der Waals surface area contributed by atoms with Crippen molar-refractivity contribution in [1.82, 2.24) is 9.97 Å². The Labute approximate surface area is 103 Å². The minimum atomic E-state index is -0.200. The third-order valence-electron chi connectivity index (χ3n) is 2.89. The standard InChI is InChI=1S/C13H11N3O2/c17-10-6-12(18)16(8-10)13-14-7-11(15-13)9-4-2-1-3-5-9/h1-5,7H,6,8H2,(H,14,15). The van der Waals surface area contributed by atoms with Gasteiger partial charge in [-0.25, -0.2) is 4.98 Å². The second-order valence-electron chi connectivity index (χ2n) is 4.18. The van der Waals surface area contributed by atoms with E-state index < -0.39 is 0 Å². The number of anilines is 1. The van der Waals surface area contributed by atoms with E-state index in [1.165, 1.54) is 4.90 Å². The van der Waals surface area contributed by atoms with E-state index in [9.17, 15) is 9.59 Å². The number of hydrogen-bond donors (Lipinski definition) is 1. The predicted molar refractivity (Wildman–Crippen MR) is 66.0 cm³/mol. The van der Waals surface area contributed by atoms with Crippen LogP contribution in [-0.4, -0.2) is 28.2 Å². The molecule has 0 saturated carbocycles. The molecule has 1 aliphatic rings. The number of nitrogens with one attached hydrogen (secondary N) is 1. The SMILES string of the molecule is O=C1CC(=O)N(c2ncc(-c3ccccc3)[nH]2)C1. The van der Waals surface area contributed by atoms with Crippen molar-refractivity contribution < 1.29 is 9.59 Å². The number of hydrogen-bond acceptors (Lipinski definition) is 3. The van der Waals surface area contributed by atoms with E-state index in [1.54, 1.807) is 6.20 Å². The highest BCUT2D eigenvalue weighted by Gasteiger charge is 2.30. The van der Waals surface area contributed by atoms with Crippen molar-refractivity contribution in [3.63, 3.8) is 0 Å². The number of benzene rings is 1. The van der Waals surface area contributed by atoms with Gasteiger partial charge in [0.1, 0.15) is 0 Å². The van der Waals surface area contributed by atoms with Gasteiger partial charge in [0.2, 0.25) is 11.9 Å². The van der Waals surface area contributed by atoms with Crippen LogP contribution in [0, 0.1) is 0 Å². The minimum Gasteiger partial charge on any atom is -0.324 e. The molecule has 1 aliphatic heterocycles. The third kappa shape index (κ3) is 1.79. The van der Waals surface area contributed by atoms with Gasteiger partial charge >= 0.3 is 0 Å². The summed E-state index contributed by atoms with van der Waals surface area (Å²) in [6, 6.07) is 9.70. The lowest BCUT2D eigenvalue weighted by atomic mass is 10.2. The molecular weight excluding hydrogens is 230 g/mol. The van der Waals surface area contributed by atoms with E-state index in [-0.39, 0.29) is 24.7 Å². The van der Waals surface area contributed by atoms with Crippen molar-refractivity contribution >= 4 is 17.6 Å². The molecule has 0 bridgehead atoms. The minimum absolute atomic E-state index is 0.0264. The molecule has 1 saturated heterocycles. The van der Waals surface area contributed by atoms with Gasteiger partial charge in [0.25, 0.3) is 0 Å². The van der Waals surface area contributed by atoms with Crippen molar-refractivity contribution in [1.29, 1.82) is 0 Å². The molecular formula is C13H11N3O2. The van der Waals surface area contributed by atoms with E-state index in [2.05, 4.69) is 9.97 Å². The molecule has 0 radical (unpaired) electrons. The summed E-state index contributed by atoms with van der Waals surface area (Å²) in [4.78, 5) is 31.4. The summed E-state index contributed by atoms with van der Waals surface area (Å²) >= 11 is 0. The van der Waals surface area contributed by atoms with Crippen molar-refractivity contribution in [3.05, 3.63) is 36.5 Å². The second kappa shape index (κ2) is 4.10. The number of imidazole rings is 1. The molecule has 90 valence electrons. The van der Waals surface area contributed by atoms with E-state index in [1.807, 2.05) is 30.3 Å². The second-order valence-corrected chi connectivity index (χ2v) is 4.18. The average molecular weight is 241 g/mol. The van der Waals surface area contributed by atoms with Crippen LogP contribution >= 0.6 is 0 Å². The summed E-state index contributed by atoms with van der Waals surface area (Å²) in [5.74, 6) is 0.163. The largest absolute Gasteiger partial charge is 0.324 e. The monoisotopic (exact) mass is 241 g/mol. The maximum absolute atomic E-state index is 11.6. The molecule has 1 N–H and O–H groups in total. The fourth-order valence-electron chi connectivity index (χ4n) is 1.99. The first-order valence-electron chi connectivity index (χ1n) is 5.66. The third-order valence-corrected chi connectivity index (χ3v) is 2.89. The topological polar surface area (TPSA) is 66.1 Å². The highest BCUT2D eigenvalue weighted by Crippen LogP contribution is 2.21. The van der Waals surface area contributed by atoms with Gasteiger partial charge in [-0.3, -0.25) is 14.5 Å². The molecule has 0 unspecified atom stereocenters. The molecule has 18 heavy (non-hydrogen) atoms. The molecule has 1 amide bonds. The zero-order chi connectivity index (χ0) is 12.5. The van der Waals surface area contributed by atoms with Crippen LogP contribution in [0.25, 0.3) is 11.3 Å². The van der Waals surface area contributed by atoms with E-state index in [0.717, 1.165) is 11.3 Å². The summed E-state index contributed by atoms with van der Waals surface area (Å²) < 4.78 is 0. The fraction of sp³-hybridized carbons (Fsp3) is 0.154. The summed E-state index contributed by atoms with van der Waals surface area (Å²) in [7, 11) is 0. The molecule has 3 rings (SSSR count). The Kier molecular flexibility index (Phi) is 2.44.